The van der Waals surface area contributed by atoms with Crippen molar-refractivity contribution in [2.45, 2.75) is 31.7 Å². The molecule has 0 unspecified atom stereocenters. The molecule has 3 heterocycles. The molecule has 4 nitrogen and oxygen atoms in total. The van der Waals surface area contributed by atoms with Crippen molar-refractivity contribution in [1.29, 1.82) is 0 Å². The number of nitrogens with one attached hydrogen (secondary N) is 1. The van der Waals surface area contributed by atoms with Crippen molar-refractivity contribution in [2.24, 2.45) is 11.3 Å². The molecule has 0 bridgehead atoms. The van der Waals surface area contributed by atoms with E-state index < -0.39 is 0 Å². The minimum atomic E-state index is -0.112. The van der Waals surface area contributed by atoms with Crippen LogP contribution in [0.1, 0.15) is 36.3 Å². The molecular weight excluding hydrogens is 450 g/mol. The van der Waals surface area contributed by atoms with Gasteiger partial charge in [0.05, 0.1) is 5.41 Å². The van der Waals surface area contributed by atoms with Gasteiger partial charge in [0.15, 0.2) is 0 Å². The summed E-state index contributed by atoms with van der Waals surface area (Å²) in [4.78, 5) is 18.0. The molecule has 3 saturated heterocycles. The van der Waals surface area contributed by atoms with Gasteiger partial charge in [-0.3, -0.25) is 4.79 Å². The average molecular weight is 482 g/mol. The Balaban J connectivity index is 1.17. The minimum Gasteiger partial charge on any atom is -0.338 e. The molecule has 0 saturated carbocycles. The van der Waals surface area contributed by atoms with E-state index in [2.05, 4.69) is 85.6 Å². The number of carbonyl (C=O) groups is 1. The molecule has 31 heavy (non-hydrogen) atoms. The summed E-state index contributed by atoms with van der Waals surface area (Å²) in [5.41, 5.74) is 2.56. The summed E-state index contributed by atoms with van der Waals surface area (Å²) < 4.78 is 1.08. The molecular formula is C26H32BrN3O. The number of carbonyl (C=O) groups excluding carboxylic acids is 1. The quantitative estimate of drug-likeness (QED) is 0.692. The van der Waals surface area contributed by atoms with Gasteiger partial charge in [-0.1, -0.05) is 58.4 Å². The maximum absolute atomic E-state index is 13.3. The van der Waals surface area contributed by atoms with Crippen molar-refractivity contribution in [2.75, 3.05) is 39.3 Å². The van der Waals surface area contributed by atoms with E-state index in [1.165, 1.54) is 11.1 Å². The fraction of sp³-hybridized carbons (Fsp3) is 0.500. The molecule has 164 valence electrons. The Labute approximate surface area is 194 Å². The van der Waals surface area contributed by atoms with Crippen LogP contribution < -0.4 is 5.32 Å². The predicted molar refractivity (Wildman–Crippen MR) is 128 cm³/mol. The Morgan fingerprint density at radius 2 is 1.65 bits per heavy atom. The first-order valence-corrected chi connectivity index (χ1v) is 12.4. The Bertz CT molecular complexity index is 893. The van der Waals surface area contributed by atoms with Crippen molar-refractivity contribution in [3.8, 4) is 0 Å². The summed E-state index contributed by atoms with van der Waals surface area (Å²) >= 11 is 3.49. The number of nitrogens with zero attached hydrogens (tertiary/aromatic N) is 2. The molecule has 2 atom stereocenters. The summed E-state index contributed by atoms with van der Waals surface area (Å²) in [6, 6.07) is 19.3. The average Bonchev–Trinajstić information content (AvgIpc) is 3.38. The number of likely N-dealkylation sites (tertiary alicyclic amines) is 2. The van der Waals surface area contributed by atoms with Gasteiger partial charge in [-0.25, -0.2) is 0 Å². The highest BCUT2D eigenvalue weighted by molar-refractivity contribution is 9.10. The topological polar surface area (TPSA) is 35.6 Å². The van der Waals surface area contributed by atoms with Crippen LogP contribution in [0.2, 0.25) is 0 Å². The fourth-order valence-electron chi connectivity index (χ4n) is 5.83. The van der Waals surface area contributed by atoms with Crippen LogP contribution in [0.15, 0.2) is 59.1 Å². The molecule has 3 aliphatic heterocycles. The molecule has 3 aliphatic rings. The first-order chi connectivity index (χ1) is 15.1. The largest absolute Gasteiger partial charge is 0.338 e. The van der Waals surface area contributed by atoms with E-state index in [1.54, 1.807) is 0 Å². The molecule has 0 radical (unpaired) electrons. The van der Waals surface area contributed by atoms with Crippen molar-refractivity contribution < 1.29 is 4.79 Å². The first-order valence-electron chi connectivity index (χ1n) is 11.6. The molecule has 1 N–H and O–H groups in total. The van der Waals surface area contributed by atoms with Crippen LogP contribution in [0.3, 0.4) is 0 Å². The van der Waals surface area contributed by atoms with E-state index in [-0.39, 0.29) is 5.41 Å². The van der Waals surface area contributed by atoms with Crippen molar-refractivity contribution in [3.63, 3.8) is 0 Å². The molecule has 0 aliphatic carbocycles. The lowest BCUT2D eigenvalue weighted by Gasteiger charge is -2.39. The van der Waals surface area contributed by atoms with Crippen molar-refractivity contribution >= 4 is 21.8 Å². The third kappa shape index (κ3) is 4.46. The lowest BCUT2D eigenvalue weighted by Crippen LogP contribution is -2.46. The monoisotopic (exact) mass is 481 g/mol. The molecule has 3 fully saturated rings. The maximum atomic E-state index is 13.3. The van der Waals surface area contributed by atoms with Crippen molar-refractivity contribution in [1.82, 2.24) is 15.1 Å². The standard InChI is InChI=1S/C26H32BrN3O/c27-23-8-6-20(7-9-23)18-30-15-12-26(25(30)31)10-13-29(14-11-26)19-22-16-28-17-24(22)21-4-2-1-3-5-21/h1-9,22,24,28H,10-19H2/t22-,24-/m1/s1. The van der Waals surface area contributed by atoms with Crippen LogP contribution in [-0.4, -0.2) is 55.0 Å². The van der Waals surface area contributed by atoms with Crippen LogP contribution in [0, 0.1) is 11.3 Å². The number of halogens is 1. The summed E-state index contributed by atoms with van der Waals surface area (Å²) in [6.45, 7) is 7.06. The van der Waals surface area contributed by atoms with Gasteiger partial charge in [0.1, 0.15) is 0 Å². The third-order valence-electron chi connectivity index (χ3n) is 7.76. The van der Waals surface area contributed by atoms with Crippen LogP contribution in [0.5, 0.6) is 0 Å². The Morgan fingerprint density at radius 1 is 0.935 bits per heavy atom. The summed E-state index contributed by atoms with van der Waals surface area (Å²) in [5, 5.41) is 3.61. The molecule has 5 rings (SSSR count). The second kappa shape index (κ2) is 9.05. The summed E-state index contributed by atoms with van der Waals surface area (Å²) in [5.74, 6) is 1.65. The molecule has 2 aromatic carbocycles. The van der Waals surface area contributed by atoms with Gasteiger partial charge in [0.2, 0.25) is 5.91 Å². The van der Waals surface area contributed by atoms with Gasteiger partial charge < -0.3 is 15.1 Å². The Kier molecular flexibility index (Phi) is 6.18. The molecule has 1 amide bonds. The smallest absolute Gasteiger partial charge is 0.229 e. The van der Waals surface area contributed by atoms with Gasteiger partial charge >= 0.3 is 0 Å². The van der Waals surface area contributed by atoms with Gasteiger partial charge in [0, 0.05) is 36.6 Å². The van der Waals surface area contributed by atoms with E-state index in [9.17, 15) is 4.79 Å². The number of hydrogen-bond donors (Lipinski definition) is 1. The highest BCUT2D eigenvalue weighted by Gasteiger charge is 2.48. The number of benzene rings is 2. The van der Waals surface area contributed by atoms with E-state index >= 15 is 0 Å². The lowest BCUT2D eigenvalue weighted by atomic mass is 9.76. The van der Waals surface area contributed by atoms with Gasteiger partial charge in [-0.15, -0.1) is 0 Å². The van der Waals surface area contributed by atoms with Crippen LogP contribution in [0.4, 0.5) is 0 Å². The fourth-order valence-corrected chi connectivity index (χ4v) is 6.09. The third-order valence-corrected chi connectivity index (χ3v) is 8.29. The first kappa shape index (κ1) is 21.2. The predicted octanol–water partition coefficient (Wildman–Crippen LogP) is 4.27. The van der Waals surface area contributed by atoms with E-state index in [0.717, 1.165) is 69.5 Å². The second-order valence-electron chi connectivity index (χ2n) is 9.62. The SMILES string of the molecule is O=C1N(Cc2ccc(Br)cc2)CCC12CCN(C[C@H]1CNC[C@@H]1c1ccccc1)CC2. The molecule has 2 aromatic rings. The minimum absolute atomic E-state index is 0.112. The number of piperidine rings is 1. The van der Waals surface area contributed by atoms with Gasteiger partial charge in [0.25, 0.3) is 0 Å². The molecule has 0 aromatic heterocycles. The van der Waals surface area contributed by atoms with Crippen LogP contribution in [0.25, 0.3) is 0 Å². The zero-order valence-corrected chi connectivity index (χ0v) is 19.7. The number of rotatable bonds is 5. The zero-order valence-electron chi connectivity index (χ0n) is 18.1. The molecule has 1 spiro atoms. The van der Waals surface area contributed by atoms with E-state index in [4.69, 9.17) is 0 Å². The number of hydrogen-bond acceptors (Lipinski definition) is 3. The van der Waals surface area contributed by atoms with Crippen molar-refractivity contribution in [3.05, 3.63) is 70.2 Å². The zero-order chi connectivity index (χ0) is 21.3. The molecule has 5 heteroatoms. The maximum Gasteiger partial charge on any atom is 0.229 e. The lowest BCUT2D eigenvalue weighted by molar-refractivity contribution is -0.139. The highest BCUT2D eigenvalue weighted by Crippen LogP contribution is 2.42. The summed E-state index contributed by atoms with van der Waals surface area (Å²) in [6.07, 6.45) is 3.05. The van der Waals surface area contributed by atoms with E-state index in [1.807, 2.05) is 0 Å². The van der Waals surface area contributed by atoms with Crippen LogP contribution >= 0.6 is 15.9 Å². The normalized spacial score (nSPS) is 26.1. The highest BCUT2D eigenvalue weighted by atomic mass is 79.9. The second-order valence-corrected chi connectivity index (χ2v) is 10.5. The Hall–Kier alpha value is -1.69. The summed E-state index contributed by atoms with van der Waals surface area (Å²) in [7, 11) is 0. The van der Waals surface area contributed by atoms with Gasteiger partial charge in [-0.2, -0.15) is 0 Å². The Morgan fingerprint density at radius 3 is 2.39 bits per heavy atom. The number of amides is 1. The van der Waals surface area contributed by atoms with Crippen LogP contribution in [-0.2, 0) is 11.3 Å². The van der Waals surface area contributed by atoms with E-state index in [0.29, 0.717) is 17.7 Å². The van der Waals surface area contributed by atoms with Gasteiger partial charge in [-0.05, 0) is 68.1 Å².